The van der Waals surface area contributed by atoms with Gasteiger partial charge in [-0.3, -0.25) is 14.3 Å². The Morgan fingerprint density at radius 2 is 1.73 bits per heavy atom. The van der Waals surface area contributed by atoms with E-state index in [0.29, 0.717) is 22.6 Å². The highest BCUT2D eigenvalue weighted by molar-refractivity contribution is 7.92. The van der Waals surface area contributed by atoms with Crippen molar-refractivity contribution in [1.29, 1.82) is 0 Å². The van der Waals surface area contributed by atoms with Gasteiger partial charge in [-0.2, -0.15) is 0 Å². The van der Waals surface area contributed by atoms with E-state index in [1.165, 1.54) is 12.1 Å². The van der Waals surface area contributed by atoms with E-state index in [-0.39, 0.29) is 23.1 Å². The largest absolute Gasteiger partial charge is 0.326 e. The van der Waals surface area contributed by atoms with E-state index < -0.39 is 15.4 Å². The summed E-state index contributed by atoms with van der Waals surface area (Å²) in [6.07, 6.45) is 0.166. The van der Waals surface area contributed by atoms with Crippen molar-refractivity contribution in [2.24, 2.45) is 0 Å². The summed E-state index contributed by atoms with van der Waals surface area (Å²) in [5.74, 6) is -0.274. The molecule has 0 unspecified atom stereocenters. The van der Waals surface area contributed by atoms with E-state index in [2.05, 4.69) is 15.4 Å². The molecule has 7 nitrogen and oxygen atoms in total. The lowest BCUT2D eigenvalue weighted by molar-refractivity contribution is -0.119. The number of nitrogens with one attached hydrogen (secondary N) is 3. The third-order valence-electron chi connectivity index (χ3n) is 4.77. The van der Waals surface area contributed by atoms with E-state index >= 15 is 0 Å². The smallest absolute Gasteiger partial charge is 0.261 e. The fraction of sp³-hybridized carbons (Fsp3) is 0.222. The van der Waals surface area contributed by atoms with Crippen molar-refractivity contribution in [3.8, 4) is 0 Å². The highest BCUT2D eigenvalue weighted by atomic mass is 32.2. The molecule has 2 heterocycles. The lowest BCUT2D eigenvalue weighted by Gasteiger charge is -2.16. The second kappa shape index (κ2) is 5.31. The van der Waals surface area contributed by atoms with Gasteiger partial charge in [0, 0.05) is 17.1 Å². The van der Waals surface area contributed by atoms with Crippen molar-refractivity contribution in [3.63, 3.8) is 0 Å². The molecule has 0 spiro atoms. The number of sulfonamides is 1. The van der Waals surface area contributed by atoms with E-state index in [9.17, 15) is 18.0 Å². The maximum atomic E-state index is 12.7. The van der Waals surface area contributed by atoms with Crippen LogP contribution in [0.4, 0.5) is 17.1 Å². The molecule has 0 aromatic heterocycles. The number of hydrogen-bond donors (Lipinski definition) is 3. The molecule has 2 aromatic carbocycles. The first-order chi connectivity index (χ1) is 12.2. The number of rotatable bonds is 3. The van der Waals surface area contributed by atoms with Gasteiger partial charge in [-0.05, 0) is 61.4 Å². The minimum atomic E-state index is -3.82. The van der Waals surface area contributed by atoms with Crippen molar-refractivity contribution in [1.82, 2.24) is 0 Å². The van der Waals surface area contributed by atoms with Crippen LogP contribution in [0.25, 0.3) is 0 Å². The average Bonchev–Trinajstić information content (AvgIpc) is 3.04. The number of carbonyl (C=O) groups is 2. The van der Waals surface area contributed by atoms with Gasteiger partial charge in [-0.25, -0.2) is 8.42 Å². The van der Waals surface area contributed by atoms with Crippen LogP contribution in [0.15, 0.2) is 41.3 Å². The molecule has 134 valence electrons. The van der Waals surface area contributed by atoms with Crippen molar-refractivity contribution in [2.45, 2.75) is 30.6 Å². The molecule has 8 heteroatoms. The Morgan fingerprint density at radius 3 is 2.50 bits per heavy atom. The summed E-state index contributed by atoms with van der Waals surface area (Å²) < 4.78 is 28.0. The normalized spacial score (nSPS) is 17.3. The zero-order valence-electron chi connectivity index (χ0n) is 14.2. The summed E-state index contributed by atoms with van der Waals surface area (Å²) >= 11 is 0. The Bertz CT molecular complexity index is 1070. The molecule has 0 bridgehead atoms. The highest BCUT2D eigenvalue weighted by Crippen LogP contribution is 2.39. The third kappa shape index (κ3) is 2.53. The molecule has 2 aromatic rings. The SMILES string of the molecule is CC1(C)C(=O)Nc2ccc(NS(=O)(=O)c3ccc4c(c3)CC(=O)N4)cc21. The van der Waals surface area contributed by atoms with Crippen molar-refractivity contribution in [3.05, 3.63) is 47.5 Å². The molecule has 2 aliphatic heterocycles. The molecule has 26 heavy (non-hydrogen) atoms. The fourth-order valence-electron chi connectivity index (χ4n) is 3.22. The summed E-state index contributed by atoms with van der Waals surface area (Å²) in [6, 6.07) is 9.50. The first kappa shape index (κ1) is 16.6. The van der Waals surface area contributed by atoms with E-state index in [1.807, 2.05) is 0 Å². The molecular formula is C18H17N3O4S. The molecule has 2 amide bonds. The monoisotopic (exact) mass is 371 g/mol. The predicted octanol–water partition coefficient (Wildman–Crippen LogP) is 2.21. The molecule has 3 N–H and O–H groups in total. The summed E-state index contributed by atoms with van der Waals surface area (Å²) in [7, 11) is -3.82. The lowest BCUT2D eigenvalue weighted by atomic mass is 9.86. The molecule has 0 atom stereocenters. The van der Waals surface area contributed by atoms with Crippen LogP contribution in [-0.4, -0.2) is 20.2 Å². The summed E-state index contributed by atoms with van der Waals surface area (Å²) in [5.41, 5.74) is 2.37. The van der Waals surface area contributed by atoms with Gasteiger partial charge >= 0.3 is 0 Å². The fourth-order valence-corrected chi connectivity index (χ4v) is 4.32. The first-order valence-corrected chi connectivity index (χ1v) is 9.57. The minimum absolute atomic E-state index is 0.0849. The Kier molecular flexibility index (Phi) is 3.39. The first-order valence-electron chi connectivity index (χ1n) is 8.08. The van der Waals surface area contributed by atoms with Crippen LogP contribution in [0, 0.1) is 0 Å². The van der Waals surface area contributed by atoms with E-state index in [0.717, 1.165) is 5.56 Å². The number of hydrogen-bond acceptors (Lipinski definition) is 4. The van der Waals surface area contributed by atoms with Gasteiger partial charge in [0.05, 0.1) is 16.7 Å². The summed E-state index contributed by atoms with van der Waals surface area (Å²) in [6.45, 7) is 3.58. The van der Waals surface area contributed by atoms with Crippen LogP contribution in [0.1, 0.15) is 25.0 Å². The predicted molar refractivity (Wildman–Crippen MR) is 97.7 cm³/mol. The molecule has 4 rings (SSSR count). The van der Waals surface area contributed by atoms with E-state index in [4.69, 9.17) is 0 Å². The Morgan fingerprint density at radius 1 is 1.00 bits per heavy atom. The maximum absolute atomic E-state index is 12.7. The number of carbonyl (C=O) groups excluding carboxylic acids is 2. The summed E-state index contributed by atoms with van der Waals surface area (Å²) in [5, 5.41) is 5.46. The standard InChI is InChI=1S/C18H17N3O4S/c1-18(2)13-9-11(3-5-15(13)20-17(18)23)21-26(24,25)12-4-6-14-10(7-12)8-16(22)19-14/h3-7,9,21H,8H2,1-2H3,(H,19,22)(H,20,23). The highest BCUT2D eigenvalue weighted by Gasteiger charge is 2.38. The maximum Gasteiger partial charge on any atom is 0.261 e. The van der Waals surface area contributed by atoms with Crippen LogP contribution in [0.2, 0.25) is 0 Å². The lowest BCUT2D eigenvalue weighted by Crippen LogP contribution is -2.26. The molecule has 0 aliphatic carbocycles. The van der Waals surface area contributed by atoms with Crippen LogP contribution < -0.4 is 15.4 Å². The number of fused-ring (bicyclic) bond motifs is 2. The van der Waals surface area contributed by atoms with Gasteiger partial charge in [-0.15, -0.1) is 0 Å². The van der Waals surface area contributed by atoms with Crippen molar-refractivity contribution in [2.75, 3.05) is 15.4 Å². The Labute approximate surface area is 150 Å². The van der Waals surface area contributed by atoms with Crippen LogP contribution in [0.5, 0.6) is 0 Å². The second-order valence-electron chi connectivity index (χ2n) is 6.99. The van der Waals surface area contributed by atoms with Crippen LogP contribution in [0.3, 0.4) is 0 Å². The second-order valence-corrected chi connectivity index (χ2v) is 8.67. The molecule has 0 fully saturated rings. The average molecular weight is 371 g/mol. The molecule has 0 radical (unpaired) electrons. The minimum Gasteiger partial charge on any atom is -0.326 e. The third-order valence-corrected chi connectivity index (χ3v) is 6.15. The molecule has 0 saturated carbocycles. The quantitative estimate of drug-likeness (QED) is 0.769. The van der Waals surface area contributed by atoms with Crippen molar-refractivity contribution < 1.29 is 18.0 Å². The van der Waals surface area contributed by atoms with Gasteiger partial charge in [0.15, 0.2) is 0 Å². The van der Waals surface area contributed by atoms with Gasteiger partial charge in [0.2, 0.25) is 11.8 Å². The Balaban J connectivity index is 1.66. The van der Waals surface area contributed by atoms with Crippen molar-refractivity contribution >= 4 is 38.9 Å². The molecule has 0 saturated heterocycles. The zero-order chi connectivity index (χ0) is 18.7. The van der Waals surface area contributed by atoms with Gasteiger partial charge in [-0.1, -0.05) is 0 Å². The van der Waals surface area contributed by atoms with Crippen LogP contribution in [-0.2, 0) is 31.4 Å². The van der Waals surface area contributed by atoms with Gasteiger partial charge in [0.25, 0.3) is 10.0 Å². The Hall–Kier alpha value is -2.87. The topological polar surface area (TPSA) is 104 Å². The number of benzene rings is 2. The van der Waals surface area contributed by atoms with Gasteiger partial charge in [0.1, 0.15) is 0 Å². The summed E-state index contributed by atoms with van der Waals surface area (Å²) in [4.78, 5) is 23.5. The zero-order valence-corrected chi connectivity index (χ0v) is 15.0. The number of anilines is 3. The molecular weight excluding hydrogens is 354 g/mol. The van der Waals surface area contributed by atoms with Gasteiger partial charge < -0.3 is 10.6 Å². The number of amides is 2. The van der Waals surface area contributed by atoms with E-state index in [1.54, 1.807) is 38.1 Å². The molecule has 2 aliphatic rings. The van der Waals surface area contributed by atoms with Crippen LogP contribution >= 0.6 is 0 Å².